The Hall–Kier alpha value is -3.49. The second-order valence-corrected chi connectivity index (χ2v) is 10.5. The van der Waals surface area contributed by atoms with E-state index in [0.717, 1.165) is 12.0 Å². The molecular weight excluding hydrogens is 507 g/mol. The molecule has 1 saturated heterocycles. The molecule has 0 bridgehead atoms. The number of benzene rings is 1. The first-order valence-electron chi connectivity index (χ1n) is 13.0. The first kappa shape index (κ1) is 28.5. The summed E-state index contributed by atoms with van der Waals surface area (Å²) in [6.45, 7) is 7.50. The van der Waals surface area contributed by atoms with Gasteiger partial charge in [-0.3, -0.25) is 9.47 Å². The molecule has 4 rings (SSSR count). The Morgan fingerprint density at radius 1 is 1.18 bits per heavy atom. The molecule has 0 radical (unpaired) electrons. The van der Waals surface area contributed by atoms with Crippen LogP contribution in [0.2, 0.25) is 0 Å². The number of aromatic nitrogens is 3. The molecule has 1 unspecified atom stereocenters. The number of alkyl halides is 3. The molecule has 11 heteroatoms. The minimum atomic E-state index is -4.42. The average Bonchev–Trinajstić information content (AvgIpc) is 2.89. The molecule has 3 aromatic rings. The quantitative estimate of drug-likeness (QED) is 0.460. The minimum absolute atomic E-state index is 0.0517. The summed E-state index contributed by atoms with van der Waals surface area (Å²) < 4.78 is 42.5. The van der Waals surface area contributed by atoms with E-state index in [1.807, 2.05) is 13.8 Å². The van der Waals surface area contributed by atoms with E-state index in [1.54, 1.807) is 50.3 Å². The summed E-state index contributed by atoms with van der Waals surface area (Å²) >= 11 is 0. The van der Waals surface area contributed by atoms with E-state index in [9.17, 15) is 23.2 Å². The van der Waals surface area contributed by atoms with Gasteiger partial charge in [-0.1, -0.05) is 19.1 Å². The lowest BCUT2D eigenvalue weighted by Crippen LogP contribution is -2.58. The maximum atomic E-state index is 13.7. The van der Waals surface area contributed by atoms with Crippen LogP contribution in [0.15, 0.2) is 35.1 Å². The Balaban J connectivity index is 1.69. The molecule has 1 aliphatic heterocycles. The van der Waals surface area contributed by atoms with E-state index in [4.69, 9.17) is 0 Å². The summed E-state index contributed by atoms with van der Waals surface area (Å²) in [4.78, 5) is 27.7. The first-order chi connectivity index (χ1) is 18.3. The molecule has 208 valence electrons. The number of halogens is 3. The predicted octanol–water partition coefficient (Wildman–Crippen LogP) is 4.33. The lowest BCUT2D eigenvalue weighted by atomic mass is 9.95. The van der Waals surface area contributed by atoms with Gasteiger partial charge < -0.3 is 9.80 Å². The number of aryl methyl sites for hydroxylation is 1. The standard InChI is InChI=1S/C28H34F3N7O/c1-7-22-16-37(26-25-24(36(6)27(39)34-26)11-9-21(13-32)33-25)17(2)14-38(22)18(3)19-8-10-23(28(29,30)31)20(12-19)15-35(4)5/h8-12,17-18,22H,7,14-16H2,1-6H3/t17-,18?,22+/m0/s1. The highest BCUT2D eigenvalue weighted by molar-refractivity contribution is 5.86. The number of anilines is 1. The molecule has 8 nitrogen and oxygen atoms in total. The van der Waals surface area contributed by atoms with Gasteiger partial charge in [-0.2, -0.15) is 23.4 Å². The van der Waals surface area contributed by atoms with E-state index in [-0.39, 0.29) is 35.9 Å². The van der Waals surface area contributed by atoms with Crippen LogP contribution in [0.3, 0.4) is 0 Å². The van der Waals surface area contributed by atoms with Crippen molar-refractivity contribution in [3.8, 4) is 6.07 Å². The van der Waals surface area contributed by atoms with E-state index in [0.29, 0.717) is 29.9 Å². The van der Waals surface area contributed by atoms with Gasteiger partial charge in [-0.15, -0.1) is 0 Å². The van der Waals surface area contributed by atoms with Crippen molar-refractivity contribution in [3.05, 3.63) is 63.2 Å². The molecule has 3 atom stereocenters. The molecule has 0 aliphatic carbocycles. The van der Waals surface area contributed by atoms with E-state index in [1.165, 1.54) is 10.6 Å². The van der Waals surface area contributed by atoms with Crippen molar-refractivity contribution in [2.24, 2.45) is 7.05 Å². The fraction of sp³-hybridized carbons (Fsp3) is 0.500. The van der Waals surface area contributed by atoms with E-state index >= 15 is 0 Å². The molecule has 1 fully saturated rings. The zero-order valence-electron chi connectivity index (χ0n) is 23.1. The van der Waals surface area contributed by atoms with Crippen LogP contribution in [0.25, 0.3) is 11.0 Å². The average molecular weight is 542 g/mol. The van der Waals surface area contributed by atoms with Crippen LogP contribution in [-0.4, -0.2) is 63.6 Å². The van der Waals surface area contributed by atoms with Gasteiger partial charge >= 0.3 is 11.9 Å². The fourth-order valence-electron chi connectivity index (χ4n) is 5.48. The predicted molar refractivity (Wildman–Crippen MR) is 144 cm³/mol. The Morgan fingerprint density at radius 2 is 1.90 bits per heavy atom. The SMILES string of the molecule is CC[C@@H]1CN(c2nc(=O)n(C)c3ccc(C#N)nc23)[C@@H](C)CN1C(C)c1ccc(C(F)(F)F)c(CN(C)C)c1. The summed E-state index contributed by atoms with van der Waals surface area (Å²) in [5, 5.41) is 9.40. The molecule has 2 aromatic heterocycles. The monoisotopic (exact) mass is 541 g/mol. The molecule has 0 N–H and O–H groups in total. The number of nitrogens with zero attached hydrogens (tertiary/aromatic N) is 7. The smallest absolute Gasteiger partial charge is 0.349 e. The number of nitriles is 1. The van der Waals surface area contributed by atoms with Crippen LogP contribution in [0.1, 0.15) is 55.6 Å². The zero-order chi connectivity index (χ0) is 28.6. The van der Waals surface area contributed by atoms with Crippen LogP contribution in [0, 0.1) is 11.3 Å². The summed E-state index contributed by atoms with van der Waals surface area (Å²) in [5.74, 6) is 0.450. The molecule has 3 heterocycles. The first-order valence-corrected chi connectivity index (χ1v) is 13.0. The molecular formula is C28H34F3N7O. The van der Waals surface area contributed by atoms with E-state index in [2.05, 4.69) is 32.8 Å². The molecule has 1 aromatic carbocycles. The summed E-state index contributed by atoms with van der Waals surface area (Å²) in [6.07, 6.45) is -3.63. The number of fused-ring (bicyclic) bond motifs is 1. The number of hydrogen-bond donors (Lipinski definition) is 0. The van der Waals surface area contributed by atoms with Gasteiger partial charge in [0.05, 0.1) is 11.1 Å². The fourth-order valence-corrected chi connectivity index (χ4v) is 5.48. The zero-order valence-corrected chi connectivity index (χ0v) is 23.1. The second kappa shape index (κ2) is 10.9. The second-order valence-electron chi connectivity index (χ2n) is 10.5. The van der Waals surface area contributed by atoms with Crippen molar-refractivity contribution >= 4 is 16.9 Å². The van der Waals surface area contributed by atoms with Gasteiger partial charge in [-0.25, -0.2) is 9.78 Å². The van der Waals surface area contributed by atoms with Crippen molar-refractivity contribution < 1.29 is 13.2 Å². The van der Waals surface area contributed by atoms with Crippen molar-refractivity contribution in [2.75, 3.05) is 32.1 Å². The molecule has 39 heavy (non-hydrogen) atoms. The van der Waals surface area contributed by atoms with Crippen molar-refractivity contribution in [2.45, 2.75) is 58.0 Å². The number of piperazine rings is 1. The van der Waals surface area contributed by atoms with Crippen LogP contribution in [-0.2, 0) is 19.8 Å². The lowest BCUT2D eigenvalue weighted by Gasteiger charge is -2.48. The topological polar surface area (TPSA) is 81.3 Å². The van der Waals surface area contributed by atoms with Crippen molar-refractivity contribution in [1.82, 2.24) is 24.3 Å². The van der Waals surface area contributed by atoms with Gasteiger partial charge in [0, 0.05) is 44.8 Å². The van der Waals surface area contributed by atoms with Gasteiger partial charge in [0.1, 0.15) is 17.3 Å². The maximum Gasteiger partial charge on any atom is 0.416 e. The minimum Gasteiger partial charge on any atom is -0.349 e. The van der Waals surface area contributed by atoms with E-state index < -0.39 is 17.4 Å². The molecule has 0 saturated carbocycles. The normalized spacial score (nSPS) is 19.5. The Labute approximate surface area is 226 Å². The Kier molecular flexibility index (Phi) is 8.00. The van der Waals surface area contributed by atoms with Crippen LogP contribution < -0.4 is 10.6 Å². The van der Waals surface area contributed by atoms with Crippen LogP contribution >= 0.6 is 0 Å². The summed E-state index contributed by atoms with van der Waals surface area (Å²) in [7, 11) is 5.14. The van der Waals surface area contributed by atoms with Gasteiger partial charge in [-0.05, 0) is 63.7 Å². The highest BCUT2D eigenvalue weighted by atomic mass is 19.4. The Bertz CT molecular complexity index is 1460. The number of hydrogen-bond acceptors (Lipinski definition) is 7. The molecule has 1 aliphatic rings. The van der Waals surface area contributed by atoms with Crippen LogP contribution in [0.4, 0.5) is 19.0 Å². The third-order valence-corrected chi connectivity index (χ3v) is 7.58. The van der Waals surface area contributed by atoms with Crippen molar-refractivity contribution in [3.63, 3.8) is 0 Å². The number of pyridine rings is 1. The summed E-state index contributed by atoms with van der Waals surface area (Å²) in [6, 6.07) is 9.67. The molecule has 0 spiro atoms. The summed E-state index contributed by atoms with van der Waals surface area (Å²) in [5.41, 5.74) is 1.41. The lowest BCUT2D eigenvalue weighted by molar-refractivity contribution is -0.138. The van der Waals surface area contributed by atoms with Crippen LogP contribution in [0.5, 0.6) is 0 Å². The van der Waals surface area contributed by atoms with Gasteiger partial charge in [0.2, 0.25) is 0 Å². The molecule has 0 amide bonds. The highest BCUT2D eigenvalue weighted by Crippen LogP contribution is 2.36. The largest absolute Gasteiger partial charge is 0.416 e. The highest BCUT2D eigenvalue weighted by Gasteiger charge is 2.37. The van der Waals surface area contributed by atoms with Gasteiger partial charge in [0.15, 0.2) is 5.82 Å². The number of rotatable bonds is 6. The maximum absolute atomic E-state index is 13.7. The third-order valence-electron chi connectivity index (χ3n) is 7.58. The van der Waals surface area contributed by atoms with Gasteiger partial charge in [0.25, 0.3) is 0 Å². The third kappa shape index (κ3) is 5.63. The van der Waals surface area contributed by atoms with Crippen molar-refractivity contribution in [1.29, 1.82) is 5.26 Å². The Morgan fingerprint density at radius 3 is 2.51 bits per heavy atom.